The standard InChI is InChI=1S/C21H23N5/c1-16(22)19-9-8-17-14-23-15-20(21(17)24-19)26-11-5-10-25(12-13-26)18-6-3-2-4-7-18/h2-4,6-9,14-15H,1,5,10-13,22H2. The molecule has 1 fully saturated rings. The van der Waals surface area contributed by atoms with Gasteiger partial charge in [-0.3, -0.25) is 4.98 Å². The molecule has 5 heteroatoms. The quantitative estimate of drug-likeness (QED) is 0.789. The van der Waals surface area contributed by atoms with Crippen molar-refractivity contribution in [2.45, 2.75) is 6.42 Å². The number of pyridine rings is 2. The molecular formula is C21H23N5. The summed E-state index contributed by atoms with van der Waals surface area (Å²) in [5.41, 5.74) is 10.4. The molecule has 1 aromatic carbocycles. The fourth-order valence-electron chi connectivity index (χ4n) is 3.49. The largest absolute Gasteiger partial charge is 0.397 e. The van der Waals surface area contributed by atoms with Crippen molar-refractivity contribution in [2.24, 2.45) is 5.73 Å². The second-order valence-electron chi connectivity index (χ2n) is 6.62. The molecule has 2 N–H and O–H groups in total. The van der Waals surface area contributed by atoms with Crippen LogP contribution >= 0.6 is 0 Å². The van der Waals surface area contributed by atoms with Crippen LogP contribution in [0.4, 0.5) is 11.4 Å². The van der Waals surface area contributed by atoms with E-state index in [-0.39, 0.29) is 0 Å². The van der Waals surface area contributed by atoms with Crippen molar-refractivity contribution in [1.82, 2.24) is 9.97 Å². The Morgan fingerprint density at radius 2 is 1.69 bits per heavy atom. The van der Waals surface area contributed by atoms with Gasteiger partial charge in [0.1, 0.15) is 0 Å². The van der Waals surface area contributed by atoms with Gasteiger partial charge >= 0.3 is 0 Å². The Hall–Kier alpha value is -3.08. The number of para-hydroxylation sites is 1. The van der Waals surface area contributed by atoms with Crippen LogP contribution in [0.1, 0.15) is 12.1 Å². The van der Waals surface area contributed by atoms with Crippen molar-refractivity contribution in [3.8, 4) is 0 Å². The number of hydrogen-bond acceptors (Lipinski definition) is 5. The van der Waals surface area contributed by atoms with Gasteiger partial charge < -0.3 is 15.5 Å². The van der Waals surface area contributed by atoms with Crippen molar-refractivity contribution in [3.05, 3.63) is 67.1 Å². The Bertz CT molecular complexity index is 922. The third-order valence-electron chi connectivity index (χ3n) is 4.87. The Labute approximate surface area is 153 Å². The van der Waals surface area contributed by atoms with Gasteiger partial charge in [-0.05, 0) is 30.7 Å². The molecule has 1 aliphatic rings. The van der Waals surface area contributed by atoms with E-state index >= 15 is 0 Å². The topological polar surface area (TPSA) is 58.3 Å². The van der Waals surface area contributed by atoms with Crippen LogP contribution in [0.3, 0.4) is 0 Å². The highest BCUT2D eigenvalue weighted by molar-refractivity contribution is 5.90. The minimum Gasteiger partial charge on any atom is -0.397 e. The molecule has 4 rings (SSSR count). The number of hydrogen-bond donors (Lipinski definition) is 1. The van der Waals surface area contributed by atoms with E-state index in [1.54, 1.807) is 0 Å². The molecule has 0 atom stereocenters. The average molecular weight is 345 g/mol. The molecule has 0 radical (unpaired) electrons. The molecule has 0 amide bonds. The number of aromatic nitrogens is 2. The van der Waals surface area contributed by atoms with Crippen molar-refractivity contribution in [2.75, 3.05) is 36.0 Å². The molecular weight excluding hydrogens is 322 g/mol. The zero-order valence-corrected chi connectivity index (χ0v) is 14.8. The molecule has 0 saturated carbocycles. The second kappa shape index (κ2) is 7.04. The zero-order valence-electron chi connectivity index (χ0n) is 14.8. The summed E-state index contributed by atoms with van der Waals surface area (Å²) in [5.74, 6) is 0. The van der Waals surface area contributed by atoms with Crippen LogP contribution in [0.2, 0.25) is 0 Å². The molecule has 0 spiro atoms. The molecule has 26 heavy (non-hydrogen) atoms. The maximum Gasteiger partial charge on any atom is 0.0974 e. The van der Waals surface area contributed by atoms with E-state index in [2.05, 4.69) is 51.7 Å². The highest BCUT2D eigenvalue weighted by atomic mass is 15.2. The lowest BCUT2D eigenvalue weighted by Gasteiger charge is -2.25. The normalized spacial score (nSPS) is 15.1. The van der Waals surface area contributed by atoms with Crippen LogP contribution in [0.5, 0.6) is 0 Å². The van der Waals surface area contributed by atoms with Crippen molar-refractivity contribution >= 4 is 28.0 Å². The van der Waals surface area contributed by atoms with Crippen molar-refractivity contribution in [1.29, 1.82) is 0 Å². The first kappa shape index (κ1) is 16.4. The van der Waals surface area contributed by atoms with Gasteiger partial charge in [-0.1, -0.05) is 24.8 Å². The van der Waals surface area contributed by atoms with Gasteiger partial charge in [-0.25, -0.2) is 4.98 Å². The maximum atomic E-state index is 5.85. The minimum absolute atomic E-state index is 0.487. The number of fused-ring (bicyclic) bond motifs is 1. The molecule has 1 aliphatic heterocycles. The molecule has 5 nitrogen and oxygen atoms in total. The Morgan fingerprint density at radius 3 is 2.50 bits per heavy atom. The van der Waals surface area contributed by atoms with Gasteiger partial charge in [0.2, 0.25) is 0 Å². The number of nitrogens with two attached hydrogens (primary N) is 1. The molecule has 3 heterocycles. The summed E-state index contributed by atoms with van der Waals surface area (Å²) in [6.45, 7) is 7.76. The highest BCUT2D eigenvalue weighted by Gasteiger charge is 2.18. The molecule has 0 unspecified atom stereocenters. The van der Waals surface area contributed by atoms with Crippen molar-refractivity contribution in [3.63, 3.8) is 0 Å². The summed E-state index contributed by atoms with van der Waals surface area (Å²) in [5, 5.41) is 1.02. The summed E-state index contributed by atoms with van der Waals surface area (Å²) in [4.78, 5) is 14.0. The van der Waals surface area contributed by atoms with E-state index in [1.165, 1.54) is 5.69 Å². The Kier molecular flexibility index (Phi) is 4.44. The third-order valence-corrected chi connectivity index (χ3v) is 4.87. The molecule has 0 aliphatic carbocycles. The summed E-state index contributed by atoms with van der Waals surface area (Å²) in [7, 11) is 0. The SMILES string of the molecule is C=C(N)c1ccc2cncc(N3CCCN(c4ccccc4)CC3)c2n1. The molecule has 2 aromatic heterocycles. The number of nitrogens with zero attached hydrogens (tertiary/aromatic N) is 4. The summed E-state index contributed by atoms with van der Waals surface area (Å²) in [6, 6.07) is 14.5. The van der Waals surface area contributed by atoms with Crippen molar-refractivity contribution < 1.29 is 0 Å². The first-order chi connectivity index (χ1) is 12.7. The van der Waals surface area contributed by atoms with Crippen LogP contribution in [-0.4, -0.2) is 36.1 Å². The lowest BCUT2D eigenvalue weighted by Crippen LogP contribution is -2.30. The fraction of sp³-hybridized carbons (Fsp3) is 0.238. The van der Waals surface area contributed by atoms with Crippen LogP contribution in [-0.2, 0) is 0 Å². The van der Waals surface area contributed by atoms with E-state index < -0.39 is 0 Å². The predicted molar refractivity (Wildman–Crippen MR) is 108 cm³/mol. The summed E-state index contributed by atoms with van der Waals surface area (Å²) in [6.07, 6.45) is 4.86. The number of anilines is 2. The van der Waals surface area contributed by atoms with Crippen LogP contribution in [0.25, 0.3) is 16.6 Å². The van der Waals surface area contributed by atoms with Gasteiger partial charge in [0, 0.05) is 43.4 Å². The first-order valence-corrected chi connectivity index (χ1v) is 8.97. The lowest BCUT2D eigenvalue weighted by atomic mass is 10.2. The zero-order chi connectivity index (χ0) is 17.9. The summed E-state index contributed by atoms with van der Waals surface area (Å²) < 4.78 is 0. The third kappa shape index (κ3) is 3.20. The lowest BCUT2D eigenvalue weighted by molar-refractivity contribution is 0.806. The fourth-order valence-corrected chi connectivity index (χ4v) is 3.49. The average Bonchev–Trinajstić information content (AvgIpc) is 2.94. The predicted octanol–water partition coefficient (Wildman–Crippen LogP) is 3.28. The maximum absolute atomic E-state index is 5.85. The molecule has 1 saturated heterocycles. The monoisotopic (exact) mass is 345 g/mol. The van der Waals surface area contributed by atoms with Gasteiger partial charge in [-0.2, -0.15) is 0 Å². The van der Waals surface area contributed by atoms with E-state index in [1.807, 2.05) is 24.5 Å². The molecule has 3 aromatic rings. The molecule has 132 valence electrons. The highest BCUT2D eigenvalue weighted by Crippen LogP contribution is 2.27. The van der Waals surface area contributed by atoms with E-state index in [9.17, 15) is 0 Å². The Morgan fingerprint density at radius 1 is 0.923 bits per heavy atom. The smallest absolute Gasteiger partial charge is 0.0974 e. The van der Waals surface area contributed by atoms with Crippen LogP contribution in [0, 0.1) is 0 Å². The van der Waals surface area contributed by atoms with Gasteiger partial charge in [0.25, 0.3) is 0 Å². The first-order valence-electron chi connectivity index (χ1n) is 8.97. The van der Waals surface area contributed by atoms with E-state index in [0.29, 0.717) is 5.70 Å². The number of benzene rings is 1. The van der Waals surface area contributed by atoms with E-state index in [0.717, 1.165) is 54.9 Å². The second-order valence-corrected chi connectivity index (χ2v) is 6.62. The molecule has 0 bridgehead atoms. The summed E-state index contributed by atoms with van der Waals surface area (Å²) >= 11 is 0. The van der Waals surface area contributed by atoms with Gasteiger partial charge in [-0.15, -0.1) is 0 Å². The number of rotatable bonds is 3. The minimum atomic E-state index is 0.487. The van der Waals surface area contributed by atoms with Gasteiger partial charge in [0.05, 0.1) is 28.8 Å². The van der Waals surface area contributed by atoms with E-state index in [4.69, 9.17) is 10.7 Å². The van der Waals surface area contributed by atoms with Crippen LogP contribution < -0.4 is 15.5 Å². The van der Waals surface area contributed by atoms with Crippen LogP contribution in [0.15, 0.2) is 61.4 Å². The van der Waals surface area contributed by atoms with Gasteiger partial charge in [0.15, 0.2) is 0 Å². The Balaban J connectivity index is 1.63.